The van der Waals surface area contributed by atoms with E-state index in [-0.39, 0.29) is 206 Å². The normalized spacial score (nSPS) is 0. The average molecular weight is 811 g/mol. The molecule has 0 heterocycles. The van der Waals surface area contributed by atoms with E-state index >= 15 is 0 Å². The summed E-state index contributed by atoms with van der Waals surface area (Å²) in [5.41, 5.74) is 0. The fourth-order valence-corrected chi connectivity index (χ4v) is 0. The van der Waals surface area contributed by atoms with Gasteiger partial charge in [0.15, 0.2) is 0 Å². The van der Waals surface area contributed by atoms with Crippen LogP contribution in [0.25, 0.3) is 43.1 Å². The molecule has 0 aromatic rings. The summed E-state index contributed by atoms with van der Waals surface area (Å²) in [6.07, 6.45) is 0. The number of nitrogens with zero attached hydrogens (tertiary/aromatic N) is 7. The molecular formula is H12Al3Hf3N7Si3. The molecule has 0 unspecified atom stereocenters. The van der Waals surface area contributed by atoms with E-state index in [2.05, 4.69) is 0 Å². The molecule has 0 spiro atoms. The minimum atomic E-state index is 0. The third kappa shape index (κ3) is 274. The first-order valence-electron chi connectivity index (χ1n) is 0. The summed E-state index contributed by atoms with van der Waals surface area (Å²) in [6, 6.07) is 0. The SMILES string of the molecule is [Al+3].[Al+3].[Al+3].[Hf+4].[Hf+4].[Hf+4].[N-3].[N-3].[N-3].[N-3].[N-3].[N-3].[N-3].[SiH4].[SiH4].[SiH4]. The van der Waals surface area contributed by atoms with Gasteiger partial charge < -0.3 is 43.1 Å². The van der Waals surface area contributed by atoms with E-state index in [1.807, 2.05) is 0 Å². The second kappa shape index (κ2) is 322. The standard InChI is InChI=1S/3Al.3Hf.7N.3H4Si/h;;;;;;;;;;;;;3*1H4/q3*+3;3*+4;7*-3;;;. The largest absolute Gasteiger partial charge is 4.00 e. The Bertz CT molecular complexity index is 30.1. The van der Waals surface area contributed by atoms with Gasteiger partial charge in [-0.1, -0.05) is 0 Å². The monoisotopic (exact) mass is 815 g/mol. The fraction of sp³-hybridized carbons (Fsp3) is 0. The van der Waals surface area contributed by atoms with Crippen molar-refractivity contribution in [2.24, 2.45) is 0 Å². The van der Waals surface area contributed by atoms with Crippen LogP contribution in [0, 0.1) is 0 Å². The van der Waals surface area contributed by atoms with Crippen LogP contribution in [0.3, 0.4) is 0 Å². The van der Waals surface area contributed by atoms with E-state index in [0.29, 0.717) is 0 Å². The molecule has 0 aliphatic heterocycles. The summed E-state index contributed by atoms with van der Waals surface area (Å²) >= 11 is 0. The first-order valence-corrected chi connectivity index (χ1v) is 0. The molecule has 0 fully saturated rings. The van der Waals surface area contributed by atoms with E-state index in [1.165, 1.54) is 0 Å². The van der Waals surface area contributed by atoms with E-state index in [4.69, 9.17) is 0 Å². The molecule has 0 rings (SSSR count). The van der Waals surface area contributed by atoms with Gasteiger partial charge >= 0.3 is 130 Å². The molecule has 0 aliphatic carbocycles. The maximum Gasteiger partial charge on any atom is 4.00 e. The minimum Gasteiger partial charge on any atom is -3.00 e. The molecule has 0 amide bonds. The van der Waals surface area contributed by atoms with Crippen molar-refractivity contribution in [1.82, 2.24) is 0 Å². The van der Waals surface area contributed by atoms with Crippen molar-refractivity contribution in [3.8, 4) is 0 Å². The van der Waals surface area contributed by atoms with Gasteiger partial charge in [0.25, 0.3) is 0 Å². The quantitative estimate of drug-likeness (QED) is 0.218. The van der Waals surface area contributed by atoms with Crippen LogP contribution in [0.2, 0.25) is 0 Å². The van der Waals surface area contributed by atoms with Crippen molar-refractivity contribution in [3.05, 3.63) is 43.1 Å². The average Bonchev–Trinajstić information content (AvgIpc) is 0. The molecule has 0 saturated carbocycles. The molecule has 0 aromatic carbocycles. The topological polar surface area (TPSA) is 214 Å². The Morgan fingerprint density at radius 3 is 0.250 bits per heavy atom. The molecule has 0 aromatic heterocycles. The molecule has 7 nitrogen and oxygen atoms in total. The zero-order chi connectivity index (χ0) is 0. The number of hydrogen-bond donors (Lipinski definition) is 0. The van der Waals surface area contributed by atoms with Crippen LogP contribution in [0.15, 0.2) is 0 Å². The molecule has 0 bridgehead atoms. The van der Waals surface area contributed by atoms with Gasteiger partial charge in [-0.2, -0.15) is 0 Å². The van der Waals surface area contributed by atoms with Crippen molar-refractivity contribution >= 4 is 85.0 Å². The molecule has 16 heavy (non-hydrogen) atoms. The van der Waals surface area contributed by atoms with Gasteiger partial charge in [0.05, 0.1) is 0 Å². The van der Waals surface area contributed by atoms with Crippen molar-refractivity contribution < 1.29 is 77.5 Å². The number of hydrogen-bond acceptors (Lipinski definition) is 0. The molecule has 0 aliphatic rings. The zero-order valence-corrected chi connectivity index (χ0v) is 20.6. The van der Waals surface area contributed by atoms with Crippen molar-refractivity contribution in [2.45, 2.75) is 0 Å². The van der Waals surface area contributed by atoms with Crippen molar-refractivity contribution in [3.63, 3.8) is 0 Å². The molecule has 0 N–H and O–H groups in total. The Morgan fingerprint density at radius 1 is 0.250 bits per heavy atom. The summed E-state index contributed by atoms with van der Waals surface area (Å²) in [7, 11) is 0. The third-order valence-electron chi connectivity index (χ3n) is 0. The fourth-order valence-electron chi connectivity index (χ4n) is 0. The Labute approximate surface area is 202 Å². The minimum absolute atomic E-state index is 0. The number of rotatable bonds is 0. The van der Waals surface area contributed by atoms with Gasteiger partial charge in [0.1, 0.15) is 0 Å². The smallest absolute Gasteiger partial charge is 3.00 e. The Balaban J connectivity index is 0. The summed E-state index contributed by atoms with van der Waals surface area (Å²) in [5.74, 6) is 0. The van der Waals surface area contributed by atoms with Gasteiger partial charge in [0, 0.05) is 0 Å². The van der Waals surface area contributed by atoms with Gasteiger partial charge in [0.2, 0.25) is 0 Å². The van der Waals surface area contributed by atoms with Crippen LogP contribution >= 0.6 is 0 Å². The third-order valence-corrected chi connectivity index (χ3v) is 0. The molecule has 0 radical (unpaired) electrons. The van der Waals surface area contributed by atoms with Gasteiger partial charge in [-0.3, -0.25) is 0 Å². The predicted molar refractivity (Wildman–Crippen MR) is 74.8 cm³/mol. The Hall–Kier alpha value is 4.58. The van der Waals surface area contributed by atoms with Crippen molar-refractivity contribution in [2.75, 3.05) is 0 Å². The Morgan fingerprint density at radius 2 is 0.250 bits per heavy atom. The first kappa shape index (κ1) is 376. The first-order chi connectivity index (χ1) is 0. The summed E-state index contributed by atoms with van der Waals surface area (Å²) in [5, 5.41) is 0. The second-order valence-corrected chi connectivity index (χ2v) is 0. The summed E-state index contributed by atoms with van der Waals surface area (Å²) in [4.78, 5) is 0. The van der Waals surface area contributed by atoms with Crippen LogP contribution in [0.5, 0.6) is 0 Å². The molecule has 0 saturated heterocycles. The van der Waals surface area contributed by atoms with Gasteiger partial charge in [-0.15, -0.1) is 0 Å². The summed E-state index contributed by atoms with van der Waals surface area (Å²) < 4.78 is 0. The van der Waals surface area contributed by atoms with E-state index in [0.717, 1.165) is 0 Å². The van der Waals surface area contributed by atoms with Crippen LogP contribution in [-0.2, 0) is 77.5 Å². The van der Waals surface area contributed by atoms with Crippen LogP contribution in [-0.4, -0.2) is 85.0 Å². The van der Waals surface area contributed by atoms with Gasteiger partial charge in [-0.25, -0.2) is 0 Å². The second-order valence-electron chi connectivity index (χ2n) is 0. The van der Waals surface area contributed by atoms with E-state index < -0.39 is 0 Å². The van der Waals surface area contributed by atoms with E-state index in [1.54, 1.807) is 0 Å². The van der Waals surface area contributed by atoms with Crippen LogP contribution < -0.4 is 0 Å². The van der Waals surface area contributed by atoms with Crippen molar-refractivity contribution in [1.29, 1.82) is 0 Å². The van der Waals surface area contributed by atoms with E-state index in [9.17, 15) is 0 Å². The molecular weight excluding hydrogens is 799 g/mol. The molecule has 0 atom stereocenters. The zero-order valence-electron chi connectivity index (χ0n) is 6.36. The van der Waals surface area contributed by atoms with Gasteiger partial charge in [-0.05, 0) is 32.9 Å². The maximum atomic E-state index is 0. The van der Waals surface area contributed by atoms with Crippen LogP contribution in [0.1, 0.15) is 0 Å². The predicted octanol–water partition coefficient (Wildman–Crippen LogP) is -3.48. The van der Waals surface area contributed by atoms with Crippen LogP contribution in [0.4, 0.5) is 0 Å². The Kier molecular flexibility index (Phi) is 7580. The molecule has 16 heteroatoms. The molecule has 80 valence electrons. The maximum absolute atomic E-state index is 0. The summed E-state index contributed by atoms with van der Waals surface area (Å²) in [6.45, 7) is 0.